The van der Waals surface area contributed by atoms with Crippen molar-refractivity contribution in [1.82, 2.24) is 14.3 Å². The first-order valence-electron chi connectivity index (χ1n) is 8.26. The zero-order chi connectivity index (χ0) is 20.3. The molecule has 2 aliphatic rings. The molecule has 152 valence electrons. The minimum absolute atomic E-state index is 0.259. The Morgan fingerprint density at radius 1 is 1.19 bits per heavy atom. The summed E-state index contributed by atoms with van der Waals surface area (Å²) in [6.45, 7) is 2.23. The van der Waals surface area contributed by atoms with Crippen LogP contribution in [0.5, 0.6) is 0 Å². The van der Waals surface area contributed by atoms with E-state index in [-0.39, 0.29) is 5.54 Å². The summed E-state index contributed by atoms with van der Waals surface area (Å²) in [5.41, 5.74) is -0.259. The highest BCUT2D eigenvalue weighted by molar-refractivity contribution is 7.88. The van der Waals surface area contributed by atoms with Crippen LogP contribution in [0.15, 0.2) is 18.5 Å². The first-order chi connectivity index (χ1) is 12.5. The van der Waals surface area contributed by atoms with Crippen molar-refractivity contribution in [3.8, 4) is 0 Å². The fraction of sp³-hybridized carbons (Fsp3) is 0.667. The number of piperidine rings is 1. The summed E-state index contributed by atoms with van der Waals surface area (Å²) in [6, 6.07) is 1.79. The maximum Gasteiger partial charge on any atom is 0.490 e. The van der Waals surface area contributed by atoms with Crippen molar-refractivity contribution in [3.05, 3.63) is 18.5 Å². The van der Waals surface area contributed by atoms with Crippen molar-refractivity contribution in [2.24, 2.45) is 0 Å². The highest BCUT2D eigenvalue weighted by atomic mass is 32.2. The third-order valence-corrected chi connectivity index (χ3v) is 5.94. The number of aromatic nitrogens is 2. The highest BCUT2D eigenvalue weighted by Crippen LogP contribution is 2.39. The number of alkyl halides is 3. The Morgan fingerprint density at radius 3 is 2.19 bits per heavy atom. The van der Waals surface area contributed by atoms with Gasteiger partial charge in [0.05, 0.1) is 11.8 Å². The molecule has 0 radical (unpaired) electrons. The molecule has 3 rings (SSSR count). The Balaban J connectivity index is 0.000000321. The number of rotatable bonds is 2. The molecule has 2 fully saturated rings. The van der Waals surface area contributed by atoms with E-state index >= 15 is 0 Å². The van der Waals surface area contributed by atoms with Gasteiger partial charge in [0.1, 0.15) is 0 Å². The van der Waals surface area contributed by atoms with Gasteiger partial charge in [0.15, 0.2) is 0 Å². The summed E-state index contributed by atoms with van der Waals surface area (Å²) in [5.74, 6) is -2.06. The molecule has 1 N–H and O–H groups in total. The zero-order valence-corrected chi connectivity index (χ0v) is 15.5. The zero-order valence-electron chi connectivity index (χ0n) is 14.7. The third-order valence-electron chi connectivity index (χ3n) is 4.57. The van der Waals surface area contributed by atoms with Crippen molar-refractivity contribution < 1.29 is 31.5 Å². The van der Waals surface area contributed by atoms with Crippen LogP contribution in [0.2, 0.25) is 0 Å². The maximum absolute atomic E-state index is 12.0. The standard InChI is InChI=1S/C13H20N4O2S.C2HF3O2/c1-20(18,19)17-10-3-6-13(17)5-2-9-16(11-13)12-14-7-4-8-15-12;3-2(4,5)1(6)7/h4,7-8H,2-3,5-6,9-11H2,1H3;(H,6,7). The van der Waals surface area contributed by atoms with Crippen LogP contribution in [0.4, 0.5) is 19.1 Å². The summed E-state index contributed by atoms with van der Waals surface area (Å²) in [5, 5.41) is 7.12. The van der Waals surface area contributed by atoms with Gasteiger partial charge >= 0.3 is 12.1 Å². The predicted molar refractivity (Wildman–Crippen MR) is 90.7 cm³/mol. The van der Waals surface area contributed by atoms with Crippen molar-refractivity contribution >= 4 is 21.9 Å². The van der Waals surface area contributed by atoms with Gasteiger partial charge in [-0.15, -0.1) is 0 Å². The van der Waals surface area contributed by atoms with Gasteiger partial charge in [-0.3, -0.25) is 0 Å². The molecule has 1 aromatic heterocycles. The minimum Gasteiger partial charge on any atom is -0.475 e. The maximum atomic E-state index is 12.0. The Morgan fingerprint density at radius 2 is 1.70 bits per heavy atom. The summed E-state index contributed by atoms with van der Waals surface area (Å²) >= 11 is 0. The van der Waals surface area contributed by atoms with Crippen LogP contribution >= 0.6 is 0 Å². The Labute approximate surface area is 155 Å². The summed E-state index contributed by atoms with van der Waals surface area (Å²) in [7, 11) is -3.15. The molecule has 1 spiro atoms. The first kappa shape index (κ1) is 21.4. The first-order valence-corrected chi connectivity index (χ1v) is 10.1. The fourth-order valence-corrected chi connectivity index (χ4v) is 4.98. The summed E-state index contributed by atoms with van der Waals surface area (Å²) < 4.78 is 57.5. The molecule has 2 saturated heterocycles. The second-order valence-electron chi connectivity index (χ2n) is 6.54. The van der Waals surface area contributed by atoms with Crippen molar-refractivity contribution in [2.75, 3.05) is 30.8 Å². The lowest BCUT2D eigenvalue weighted by molar-refractivity contribution is -0.192. The Kier molecular flexibility index (Phi) is 6.30. The molecule has 0 amide bonds. The molecular weight excluding hydrogens is 389 g/mol. The monoisotopic (exact) mass is 410 g/mol. The van der Waals surface area contributed by atoms with Crippen LogP contribution < -0.4 is 4.90 Å². The second kappa shape index (κ2) is 7.97. The number of aliphatic carboxylic acids is 1. The predicted octanol–water partition coefficient (Wildman–Crippen LogP) is 1.50. The average molecular weight is 410 g/mol. The van der Waals surface area contributed by atoms with Crippen LogP contribution in [0.25, 0.3) is 0 Å². The number of anilines is 1. The molecule has 12 heteroatoms. The molecule has 27 heavy (non-hydrogen) atoms. The van der Waals surface area contributed by atoms with E-state index < -0.39 is 22.2 Å². The third kappa shape index (κ3) is 5.28. The minimum atomic E-state index is -5.08. The smallest absolute Gasteiger partial charge is 0.475 e. The summed E-state index contributed by atoms with van der Waals surface area (Å²) in [6.07, 6.45) is 3.48. The average Bonchev–Trinajstić information content (AvgIpc) is 2.98. The van der Waals surface area contributed by atoms with E-state index in [1.807, 2.05) is 0 Å². The Hall–Kier alpha value is -1.95. The van der Waals surface area contributed by atoms with Crippen LogP contribution in [0.1, 0.15) is 25.7 Å². The van der Waals surface area contributed by atoms with E-state index in [4.69, 9.17) is 9.90 Å². The van der Waals surface area contributed by atoms with Gasteiger partial charge in [-0.25, -0.2) is 23.2 Å². The van der Waals surface area contributed by atoms with E-state index in [1.165, 1.54) is 6.26 Å². The van der Waals surface area contributed by atoms with Gasteiger partial charge in [-0.05, 0) is 31.7 Å². The van der Waals surface area contributed by atoms with Crippen LogP contribution in [-0.4, -0.2) is 71.4 Å². The molecule has 0 aromatic carbocycles. The molecule has 1 aromatic rings. The molecule has 0 saturated carbocycles. The normalized spacial score (nSPS) is 23.8. The van der Waals surface area contributed by atoms with E-state index in [0.717, 1.165) is 32.2 Å². The lowest BCUT2D eigenvalue weighted by atomic mass is 9.88. The van der Waals surface area contributed by atoms with Crippen molar-refractivity contribution in [2.45, 2.75) is 37.4 Å². The lowest BCUT2D eigenvalue weighted by Gasteiger charge is -2.44. The second-order valence-corrected chi connectivity index (χ2v) is 8.45. The van der Waals surface area contributed by atoms with E-state index in [0.29, 0.717) is 19.0 Å². The topological polar surface area (TPSA) is 104 Å². The molecule has 2 aliphatic heterocycles. The molecule has 3 heterocycles. The molecule has 1 unspecified atom stereocenters. The SMILES string of the molecule is CS(=O)(=O)N1CCCC12CCCN(c1ncccn1)C2.O=C(O)C(F)(F)F. The van der Waals surface area contributed by atoms with E-state index in [1.54, 1.807) is 22.8 Å². The quantitative estimate of drug-likeness (QED) is 0.788. The lowest BCUT2D eigenvalue weighted by Crippen LogP contribution is -2.57. The van der Waals surface area contributed by atoms with Crippen molar-refractivity contribution in [1.29, 1.82) is 0 Å². The molecule has 0 aliphatic carbocycles. The van der Waals surface area contributed by atoms with Gasteiger partial charge < -0.3 is 10.0 Å². The number of carbonyl (C=O) groups is 1. The Bertz CT molecular complexity index is 760. The van der Waals surface area contributed by atoms with Crippen LogP contribution in [0.3, 0.4) is 0 Å². The van der Waals surface area contributed by atoms with Gasteiger partial charge in [-0.2, -0.15) is 17.5 Å². The molecular formula is C15H21F3N4O4S. The number of sulfonamides is 1. The van der Waals surface area contributed by atoms with Crippen LogP contribution in [0, 0.1) is 0 Å². The van der Waals surface area contributed by atoms with Gasteiger partial charge in [0, 0.05) is 32.0 Å². The highest BCUT2D eigenvalue weighted by Gasteiger charge is 2.48. The number of halogens is 3. The van der Waals surface area contributed by atoms with E-state index in [2.05, 4.69) is 14.9 Å². The van der Waals surface area contributed by atoms with Crippen LogP contribution in [-0.2, 0) is 14.8 Å². The van der Waals surface area contributed by atoms with E-state index in [9.17, 15) is 21.6 Å². The number of carboxylic acids is 1. The largest absolute Gasteiger partial charge is 0.490 e. The van der Waals surface area contributed by atoms with Crippen molar-refractivity contribution in [3.63, 3.8) is 0 Å². The van der Waals surface area contributed by atoms with Gasteiger partial charge in [0.2, 0.25) is 16.0 Å². The molecule has 1 atom stereocenters. The number of hydrogen-bond acceptors (Lipinski definition) is 6. The van der Waals surface area contributed by atoms with Gasteiger partial charge in [0.25, 0.3) is 0 Å². The number of carboxylic acid groups (broad SMARTS) is 1. The number of hydrogen-bond donors (Lipinski definition) is 1. The fourth-order valence-electron chi connectivity index (χ4n) is 3.58. The van der Waals surface area contributed by atoms with Gasteiger partial charge in [-0.1, -0.05) is 0 Å². The summed E-state index contributed by atoms with van der Waals surface area (Å²) in [4.78, 5) is 19.6. The molecule has 0 bridgehead atoms. The number of nitrogens with zero attached hydrogens (tertiary/aromatic N) is 4. The molecule has 8 nitrogen and oxygen atoms in total.